The van der Waals surface area contributed by atoms with Crippen LogP contribution in [-0.2, 0) is 15.0 Å². The summed E-state index contributed by atoms with van der Waals surface area (Å²) in [5.41, 5.74) is 3.08. The molecule has 2 amide bonds. The fraction of sp³-hybridized carbons (Fsp3) is 0.185. The lowest BCUT2D eigenvalue weighted by Gasteiger charge is -2.19. The number of hydrogen-bond acceptors (Lipinski definition) is 3. The Balaban J connectivity index is 1.79. The minimum atomic E-state index is -0.990. The number of nitrogens with one attached hydrogen (secondary N) is 1. The van der Waals surface area contributed by atoms with E-state index in [1.54, 1.807) is 12.1 Å². The monoisotopic (exact) mass is 446 g/mol. The molecule has 3 aromatic rings. The Labute approximate surface area is 191 Å². The van der Waals surface area contributed by atoms with Crippen LogP contribution in [0.15, 0.2) is 72.4 Å². The van der Waals surface area contributed by atoms with Gasteiger partial charge in [-0.2, -0.15) is 0 Å². The third kappa shape index (κ3) is 4.29. The third-order valence-electron chi connectivity index (χ3n) is 5.60. The summed E-state index contributed by atoms with van der Waals surface area (Å²) in [6.45, 7) is 8.21. The smallest absolute Gasteiger partial charge is 0.282 e. The number of amides is 2. The fourth-order valence-electron chi connectivity index (χ4n) is 3.71. The van der Waals surface area contributed by atoms with Crippen LogP contribution in [0, 0.1) is 18.6 Å². The molecule has 3 aromatic carbocycles. The number of rotatable bonds is 4. The van der Waals surface area contributed by atoms with Gasteiger partial charge in [0, 0.05) is 11.8 Å². The molecular weight excluding hydrogens is 422 g/mol. The minimum absolute atomic E-state index is 0.0380. The maximum absolute atomic E-state index is 14.5. The number of imide groups is 1. The second-order valence-electron chi connectivity index (χ2n) is 9.11. The van der Waals surface area contributed by atoms with E-state index in [4.69, 9.17) is 0 Å². The van der Waals surface area contributed by atoms with E-state index in [-0.39, 0.29) is 22.4 Å². The van der Waals surface area contributed by atoms with E-state index in [1.807, 2.05) is 43.3 Å². The van der Waals surface area contributed by atoms with Crippen LogP contribution in [0.1, 0.15) is 37.5 Å². The van der Waals surface area contributed by atoms with Gasteiger partial charge in [0.2, 0.25) is 0 Å². The van der Waals surface area contributed by atoms with Gasteiger partial charge in [0.15, 0.2) is 0 Å². The van der Waals surface area contributed by atoms with Crippen molar-refractivity contribution in [2.75, 3.05) is 10.2 Å². The summed E-state index contributed by atoms with van der Waals surface area (Å²) in [5.74, 6) is -3.17. The van der Waals surface area contributed by atoms with Crippen molar-refractivity contribution in [1.82, 2.24) is 0 Å². The number of hydrogen-bond donors (Lipinski definition) is 1. The molecule has 0 aliphatic carbocycles. The number of aryl methyl sites for hydroxylation is 1. The highest BCUT2D eigenvalue weighted by atomic mass is 19.1. The summed E-state index contributed by atoms with van der Waals surface area (Å²) in [7, 11) is 0. The zero-order chi connectivity index (χ0) is 23.9. The largest absolute Gasteiger partial charge is 0.350 e. The van der Waals surface area contributed by atoms with Gasteiger partial charge < -0.3 is 5.32 Å². The first-order chi connectivity index (χ1) is 15.6. The Morgan fingerprint density at radius 3 is 2.03 bits per heavy atom. The van der Waals surface area contributed by atoms with Crippen molar-refractivity contribution < 1.29 is 18.4 Å². The van der Waals surface area contributed by atoms with Crippen molar-refractivity contribution in [3.8, 4) is 0 Å². The van der Waals surface area contributed by atoms with E-state index in [9.17, 15) is 18.4 Å². The molecule has 168 valence electrons. The van der Waals surface area contributed by atoms with Crippen LogP contribution in [0.5, 0.6) is 0 Å². The molecule has 1 N–H and O–H groups in total. The zero-order valence-electron chi connectivity index (χ0n) is 18.9. The molecule has 0 saturated heterocycles. The second-order valence-corrected chi connectivity index (χ2v) is 9.11. The molecule has 33 heavy (non-hydrogen) atoms. The van der Waals surface area contributed by atoms with Gasteiger partial charge >= 0.3 is 0 Å². The average Bonchev–Trinajstić information content (AvgIpc) is 2.98. The van der Waals surface area contributed by atoms with E-state index in [0.717, 1.165) is 28.2 Å². The van der Waals surface area contributed by atoms with Gasteiger partial charge in [-0.25, -0.2) is 13.7 Å². The highest BCUT2D eigenvalue weighted by molar-refractivity contribution is 6.46. The molecule has 0 radical (unpaired) electrons. The average molecular weight is 446 g/mol. The predicted molar refractivity (Wildman–Crippen MR) is 126 cm³/mol. The molecule has 0 bridgehead atoms. The highest BCUT2D eigenvalue weighted by Gasteiger charge is 2.41. The number of carbonyl (C=O) groups is 2. The van der Waals surface area contributed by atoms with Crippen LogP contribution < -0.4 is 10.2 Å². The Morgan fingerprint density at radius 1 is 0.818 bits per heavy atom. The maximum Gasteiger partial charge on any atom is 0.282 e. The first kappa shape index (κ1) is 22.4. The van der Waals surface area contributed by atoms with Crippen molar-refractivity contribution in [3.63, 3.8) is 0 Å². The van der Waals surface area contributed by atoms with E-state index >= 15 is 0 Å². The summed E-state index contributed by atoms with van der Waals surface area (Å²) in [6, 6.07) is 17.5. The lowest BCUT2D eigenvalue weighted by atomic mass is 9.87. The van der Waals surface area contributed by atoms with Crippen LogP contribution in [0.4, 0.5) is 20.2 Å². The maximum atomic E-state index is 14.5. The quantitative estimate of drug-likeness (QED) is 0.503. The Morgan fingerprint density at radius 2 is 1.45 bits per heavy atom. The molecule has 4 rings (SSSR count). The summed E-state index contributed by atoms with van der Waals surface area (Å²) < 4.78 is 28.0. The van der Waals surface area contributed by atoms with Crippen molar-refractivity contribution in [2.45, 2.75) is 33.1 Å². The van der Waals surface area contributed by atoms with Crippen molar-refractivity contribution in [1.29, 1.82) is 0 Å². The molecule has 6 heteroatoms. The van der Waals surface area contributed by atoms with Gasteiger partial charge in [-0.05, 0) is 47.7 Å². The lowest BCUT2D eigenvalue weighted by molar-refractivity contribution is -0.120. The molecule has 1 aliphatic rings. The lowest BCUT2D eigenvalue weighted by Crippen LogP contribution is -2.33. The number of carbonyl (C=O) groups excluding carboxylic acids is 2. The molecule has 1 heterocycles. The molecule has 0 fully saturated rings. The molecule has 0 atom stereocenters. The third-order valence-corrected chi connectivity index (χ3v) is 5.60. The molecule has 4 nitrogen and oxygen atoms in total. The standard InChI is InChI=1S/C27H24F2N2O2/c1-16-5-7-17(8-6-16)23-24(30-20-12-9-18(10-13-20)27(2,3)4)26(33)31(25(23)32)22-14-11-19(28)15-21(22)29/h5-15,30H,1-4H3. The zero-order valence-corrected chi connectivity index (χ0v) is 18.9. The van der Waals surface area contributed by atoms with Gasteiger partial charge in [-0.3, -0.25) is 9.59 Å². The summed E-state index contributed by atoms with van der Waals surface area (Å²) >= 11 is 0. The van der Waals surface area contributed by atoms with Crippen LogP contribution in [0.3, 0.4) is 0 Å². The summed E-state index contributed by atoms with van der Waals surface area (Å²) in [4.78, 5) is 27.5. The Hall–Kier alpha value is -3.80. The van der Waals surface area contributed by atoms with Crippen molar-refractivity contribution in [3.05, 3.63) is 101 Å². The van der Waals surface area contributed by atoms with Gasteiger partial charge in [0.1, 0.15) is 17.3 Å². The van der Waals surface area contributed by atoms with Gasteiger partial charge in [-0.15, -0.1) is 0 Å². The van der Waals surface area contributed by atoms with Crippen LogP contribution in [0.25, 0.3) is 5.57 Å². The molecule has 1 aliphatic heterocycles. The fourth-order valence-corrected chi connectivity index (χ4v) is 3.71. The van der Waals surface area contributed by atoms with E-state index < -0.39 is 23.4 Å². The van der Waals surface area contributed by atoms with Gasteiger partial charge in [-0.1, -0.05) is 62.7 Å². The van der Waals surface area contributed by atoms with Crippen LogP contribution in [-0.4, -0.2) is 11.8 Å². The molecule has 0 saturated carbocycles. The van der Waals surface area contributed by atoms with Crippen LogP contribution >= 0.6 is 0 Å². The molecule has 0 spiro atoms. The van der Waals surface area contributed by atoms with Crippen molar-refractivity contribution >= 4 is 28.8 Å². The minimum Gasteiger partial charge on any atom is -0.350 e. The summed E-state index contributed by atoms with van der Waals surface area (Å²) in [6.07, 6.45) is 0. The van der Waals surface area contributed by atoms with E-state index in [0.29, 0.717) is 17.3 Å². The summed E-state index contributed by atoms with van der Waals surface area (Å²) in [5, 5.41) is 3.06. The normalized spacial score (nSPS) is 14.3. The second kappa shape index (κ2) is 8.28. The first-order valence-electron chi connectivity index (χ1n) is 10.6. The first-order valence-corrected chi connectivity index (χ1v) is 10.6. The highest BCUT2D eigenvalue weighted by Crippen LogP contribution is 2.35. The Kier molecular flexibility index (Phi) is 5.62. The number of nitrogens with zero attached hydrogens (tertiary/aromatic N) is 1. The van der Waals surface area contributed by atoms with E-state index in [1.165, 1.54) is 0 Å². The molecular formula is C27H24F2N2O2. The van der Waals surface area contributed by atoms with Crippen LogP contribution in [0.2, 0.25) is 0 Å². The SMILES string of the molecule is Cc1ccc(C2=C(Nc3ccc(C(C)(C)C)cc3)C(=O)N(c3ccc(F)cc3F)C2=O)cc1. The van der Waals surface area contributed by atoms with Gasteiger partial charge in [0.05, 0.1) is 11.3 Å². The predicted octanol–water partition coefficient (Wildman–Crippen LogP) is 5.97. The van der Waals surface area contributed by atoms with Crippen molar-refractivity contribution in [2.24, 2.45) is 0 Å². The number of benzene rings is 3. The molecule has 0 aromatic heterocycles. The number of anilines is 2. The topological polar surface area (TPSA) is 49.4 Å². The van der Waals surface area contributed by atoms with E-state index in [2.05, 4.69) is 26.1 Å². The molecule has 0 unspecified atom stereocenters. The Bertz CT molecular complexity index is 1270. The number of halogens is 2. The van der Waals surface area contributed by atoms with Gasteiger partial charge in [0.25, 0.3) is 11.8 Å².